The minimum Gasteiger partial charge on any atom is -0.444 e. The van der Waals surface area contributed by atoms with Gasteiger partial charge in [-0.25, -0.2) is 44.5 Å². The number of pyridine rings is 4. The van der Waals surface area contributed by atoms with E-state index < -0.39 is 41.1 Å². The molecule has 0 saturated heterocycles. The molecule has 23 nitrogen and oxygen atoms in total. The molecule has 7 aromatic heterocycles. The number of hydrazine groups is 1. The van der Waals surface area contributed by atoms with Gasteiger partial charge in [-0.05, 0) is 187 Å². The highest BCUT2D eigenvalue weighted by Gasteiger charge is 2.29. The largest absolute Gasteiger partial charge is 0.444 e. The fraction of sp³-hybridized carbons (Fsp3) is 0.324. The summed E-state index contributed by atoms with van der Waals surface area (Å²) in [5.74, 6) is 12.9. The summed E-state index contributed by atoms with van der Waals surface area (Å²) in [5, 5.41) is 19.2. The number of amides is 4. The Hall–Kier alpha value is -10.8. The van der Waals surface area contributed by atoms with Gasteiger partial charge in [-0.15, -0.1) is 0 Å². The minimum atomic E-state index is -0.950. The number of ether oxygens (including phenoxy) is 2. The van der Waals surface area contributed by atoms with E-state index in [4.69, 9.17) is 14.5 Å². The predicted molar refractivity (Wildman–Crippen MR) is 351 cm³/mol. The van der Waals surface area contributed by atoms with Gasteiger partial charge < -0.3 is 25.4 Å². The lowest BCUT2D eigenvalue weighted by Crippen LogP contribution is -2.45. The van der Waals surface area contributed by atoms with E-state index in [1.807, 2.05) is 95.4 Å². The first-order valence-corrected chi connectivity index (χ1v) is 29.2. The Labute approximate surface area is 528 Å². The van der Waals surface area contributed by atoms with Crippen LogP contribution in [0.2, 0.25) is 0 Å². The highest BCUT2D eigenvalue weighted by atomic mass is 16.6. The highest BCUT2D eigenvalue weighted by Crippen LogP contribution is 2.32. The molecule has 0 spiro atoms. The van der Waals surface area contributed by atoms with Crippen LogP contribution in [-0.4, -0.2) is 134 Å². The van der Waals surface area contributed by atoms with E-state index in [2.05, 4.69) is 85.0 Å². The lowest BCUT2D eigenvalue weighted by Gasteiger charge is -2.28. The van der Waals surface area contributed by atoms with Crippen molar-refractivity contribution in [1.82, 2.24) is 64.9 Å². The van der Waals surface area contributed by atoms with E-state index in [1.54, 1.807) is 98.6 Å². The molecule has 2 unspecified atom stereocenters. The predicted octanol–water partition coefficient (Wildman–Crippen LogP) is 10.5. The van der Waals surface area contributed by atoms with Gasteiger partial charge >= 0.3 is 12.2 Å². The Bertz CT molecular complexity index is 4490. The molecule has 91 heavy (non-hydrogen) atoms. The third kappa shape index (κ3) is 16.5. The molecule has 9 rings (SSSR count). The van der Waals surface area contributed by atoms with Crippen LogP contribution in [-0.2, 0) is 26.1 Å². The third-order valence-electron chi connectivity index (χ3n) is 14.2. The van der Waals surface area contributed by atoms with E-state index in [0.29, 0.717) is 34.1 Å². The first-order chi connectivity index (χ1) is 42.8. The van der Waals surface area contributed by atoms with Gasteiger partial charge in [-0.2, -0.15) is 5.10 Å². The second-order valence-electron chi connectivity index (χ2n) is 23.8. The summed E-state index contributed by atoms with van der Waals surface area (Å²) < 4.78 is 12.7. The zero-order chi connectivity index (χ0) is 66.4. The van der Waals surface area contributed by atoms with Crippen molar-refractivity contribution in [3.05, 3.63) is 142 Å². The van der Waals surface area contributed by atoms with Crippen molar-refractivity contribution in [3.8, 4) is 46.2 Å². The monoisotopic (exact) mass is 1230 g/mol. The fourth-order valence-electron chi connectivity index (χ4n) is 9.22. The molecule has 9 aromatic rings. The lowest BCUT2D eigenvalue weighted by atomic mass is 10.0. The zero-order valence-corrected chi connectivity index (χ0v) is 54.5. The van der Waals surface area contributed by atoms with Crippen LogP contribution in [0, 0.1) is 58.3 Å². The molecular formula is C68H74N16O7. The van der Waals surface area contributed by atoms with Gasteiger partial charge in [0.1, 0.15) is 51.9 Å². The number of aromatic nitrogens is 10. The van der Waals surface area contributed by atoms with E-state index in [-0.39, 0.29) is 46.4 Å². The van der Waals surface area contributed by atoms with Crippen LogP contribution in [0.3, 0.4) is 0 Å². The maximum absolute atomic E-state index is 13.5. The van der Waals surface area contributed by atoms with E-state index >= 15 is 0 Å². The summed E-state index contributed by atoms with van der Waals surface area (Å²) in [5.41, 5.74) is 9.25. The zero-order valence-electron chi connectivity index (χ0n) is 54.5. The van der Waals surface area contributed by atoms with Crippen LogP contribution in [0.5, 0.6) is 0 Å². The Morgan fingerprint density at radius 3 is 1.62 bits per heavy atom. The fourth-order valence-corrected chi connectivity index (χ4v) is 9.22. The molecule has 2 aromatic carbocycles. The Morgan fingerprint density at radius 1 is 0.604 bits per heavy atom. The van der Waals surface area contributed by atoms with E-state index in [1.165, 1.54) is 25.9 Å². The molecule has 4 amide bonds. The number of rotatable bonds is 11. The van der Waals surface area contributed by atoms with Gasteiger partial charge in [-0.3, -0.25) is 39.4 Å². The molecule has 0 bridgehead atoms. The van der Waals surface area contributed by atoms with Gasteiger partial charge in [0.15, 0.2) is 17.2 Å². The summed E-state index contributed by atoms with van der Waals surface area (Å²) >= 11 is 0. The standard InChI is InChI=1S/C39H46N8O6.C29H28N8O/c1-22-30-16-14-26(19-27(30)17-18-40-22)13-15-29-20-28(21-31(43-29)44-35(49)23(2)46(11)36(50)52-38(5,6)7)33-32(24(3)48)34(42-25(4)41-33)45-47(12)37(51)53-39(8,9)10;1-16-24-10-8-20(13-21(24)11-12-31-16)7-9-23-14-22(15-25(34-23)35-29(38)17(2)30-5)27-26-18(3)37(6)36-28(26)33-19(4)32-27/h14,16-21,23H,1-12H3,(H,41,42,45)(H,43,44,49);8,10-15,17,30H,1-6H3,(H,34,35,38). The summed E-state index contributed by atoms with van der Waals surface area (Å²) in [7, 11) is 6.53. The molecule has 2 atom stereocenters. The molecule has 0 aliphatic heterocycles. The number of carbonyl (C=O) groups excluding carboxylic acids is 5. The van der Waals surface area contributed by atoms with Crippen molar-refractivity contribution >= 4 is 79.8 Å². The average Bonchev–Trinajstić information content (AvgIpc) is 1.82. The molecule has 0 fully saturated rings. The lowest BCUT2D eigenvalue weighted by molar-refractivity contribution is -0.120. The quantitative estimate of drug-likeness (QED) is 0.0532. The van der Waals surface area contributed by atoms with Crippen molar-refractivity contribution in [2.75, 3.05) is 37.2 Å². The second kappa shape index (κ2) is 27.3. The van der Waals surface area contributed by atoms with Crippen LogP contribution >= 0.6 is 0 Å². The third-order valence-corrected chi connectivity index (χ3v) is 14.2. The van der Waals surface area contributed by atoms with Gasteiger partial charge in [0.2, 0.25) is 11.8 Å². The van der Waals surface area contributed by atoms with Crippen molar-refractivity contribution in [2.24, 2.45) is 7.05 Å². The van der Waals surface area contributed by atoms with Crippen molar-refractivity contribution in [2.45, 2.75) is 120 Å². The maximum atomic E-state index is 13.5. The van der Waals surface area contributed by atoms with Crippen LogP contribution in [0.1, 0.15) is 124 Å². The SMILES string of the molecule is CC(=O)c1c(NN(C)C(=O)OC(C)(C)C)nc(C)nc1-c1cc(C#Cc2ccc3c(C)nccc3c2)nc(NC(=O)C(C)N(C)C(=O)OC(C)(C)C)c1.CNC(C)C(=O)Nc1cc(-c2nc(C)nc3nn(C)c(C)c23)cc(C#Cc2ccc3c(C)nccc3c2)n1. The number of Topliss-reactive ketones (excluding diaryl/α,β-unsaturated/α-hetero) is 1. The molecular weight excluding hydrogens is 1150 g/mol. The Balaban J connectivity index is 0.000000247. The summed E-state index contributed by atoms with van der Waals surface area (Å²) in [4.78, 5) is 102. The molecule has 0 aliphatic carbocycles. The van der Waals surface area contributed by atoms with Crippen LogP contribution in [0.25, 0.3) is 55.1 Å². The van der Waals surface area contributed by atoms with Crippen molar-refractivity contribution in [3.63, 3.8) is 0 Å². The number of aryl methyl sites for hydroxylation is 6. The number of ketones is 1. The van der Waals surface area contributed by atoms with Crippen LogP contribution in [0.15, 0.2) is 85.2 Å². The van der Waals surface area contributed by atoms with Gasteiger partial charge in [-0.1, -0.05) is 24.0 Å². The number of benzene rings is 2. The number of hydrogen-bond donors (Lipinski definition) is 4. The molecule has 4 N–H and O–H groups in total. The number of hydrogen-bond acceptors (Lipinski definition) is 18. The molecule has 7 heterocycles. The molecule has 23 heteroatoms. The molecule has 468 valence electrons. The van der Waals surface area contributed by atoms with E-state index in [9.17, 15) is 24.0 Å². The van der Waals surface area contributed by atoms with E-state index in [0.717, 1.165) is 65.8 Å². The van der Waals surface area contributed by atoms with Crippen LogP contribution in [0.4, 0.5) is 27.0 Å². The van der Waals surface area contributed by atoms with Gasteiger partial charge in [0, 0.05) is 83.6 Å². The number of nitrogens with one attached hydrogen (secondary N) is 4. The number of likely N-dealkylation sites (N-methyl/N-ethyl adjacent to an activating group) is 2. The van der Waals surface area contributed by atoms with Crippen molar-refractivity contribution in [1.29, 1.82) is 0 Å². The van der Waals surface area contributed by atoms with Crippen molar-refractivity contribution < 1.29 is 33.4 Å². The molecule has 0 aliphatic rings. The highest BCUT2D eigenvalue weighted by molar-refractivity contribution is 6.05. The summed E-state index contributed by atoms with van der Waals surface area (Å²) in [6, 6.07) is 21.2. The number of anilines is 3. The number of carbonyl (C=O) groups is 5. The second-order valence-corrected chi connectivity index (χ2v) is 23.8. The smallest absolute Gasteiger partial charge is 0.428 e. The first kappa shape index (κ1) is 66.2. The van der Waals surface area contributed by atoms with Gasteiger partial charge in [0.25, 0.3) is 0 Å². The minimum absolute atomic E-state index is 0.0666. The number of nitrogens with zero attached hydrogens (tertiary/aromatic N) is 12. The number of fused-ring (bicyclic) bond motifs is 3. The Morgan fingerprint density at radius 2 is 1.10 bits per heavy atom. The average molecular weight is 1230 g/mol. The Kier molecular flexibility index (Phi) is 19.9. The summed E-state index contributed by atoms with van der Waals surface area (Å²) in [6.07, 6.45) is 2.17. The van der Waals surface area contributed by atoms with Gasteiger partial charge in [0.05, 0.1) is 28.4 Å². The first-order valence-electron chi connectivity index (χ1n) is 29.2. The van der Waals surface area contributed by atoms with Crippen LogP contribution < -0.4 is 21.4 Å². The topological polar surface area (TPSA) is 279 Å². The molecule has 0 radical (unpaired) electrons. The molecule has 0 saturated carbocycles. The maximum Gasteiger partial charge on any atom is 0.428 e. The summed E-state index contributed by atoms with van der Waals surface area (Å²) in [6.45, 7) is 24.5. The normalized spacial score (nSPS) is 11.8.